The number of para-hydroxylation sites is 1. The second-order valence-corrected chi connectivity index (χ2v) is 8.29. The lowest BCUT2D eigenvalue weighted by Crippen LogP contribution is -2.15. The second-order valence-electron chi connectivity index (χ2n) is 6.21. The smallest absolute Gasteiger partial charge is 0.234 e. The molecule has 0 aliphatic heterocycles. The molecule has 0 saturated heterocycles. The first kappa shape index (κ1) is 20.9. The molecule has 29 heavy (non-hydrogen) atoms. The number of anilines is 2. The van der Waals surface area contributed by atoms with E-state index in [1.807, 2.05) is 36.6 Å². The van der Waals surface area contributed by atoms with E-state index in [0.717, 1.165) is 21.3 Å². The second kappa shape index (κ2) is 10.1. The summed E-state index contributed by atoms with van der Waals surface area (Å²) in [6.45, 7) is 1.95. The molecule has 0 aliphatic rings. The topological polar surface area (TPSA) is 80.3 Å². The number of aryl methyl sites for hydroxylation is 1. The van der Waals surface area contributed by atoms with Crippen molar-refractivity contribution in [1.82, 2.24) is 4.98 Å². The van der Waals surface area contributed by atoms with Crippen molar-refractivity contribution in [2.24, 2.45) is 0 Å². The Bertz CT molecular complexity index is 987. The number of amides is 2. The van der Waals surface area contributed by atoms with E-state index in [0.29, 0.717) is 11.4 Å². The van der Waals surface area contributed by atoms with Gasteiger partial charge in [0, 0.05) is 16.8 Å². The quantitative estimate of drug-likeness (QED) is 0.522. The van der Waals surface area contributed by atoms with E-state index in [1.54, 1.807) is 31.4 Å². The van der Waals surface area contributed by atoms with Gasteiger partial charge >= 0.3 is 0 Å². The number of ether oxygens (including phenoxy) is 1. The van der Waals surface area contributed by atoms with Crippen LogP contribution in [0.3, 0.4) is 0 Å². The van der Waals surface area contributed by atoms with Gasteiger partial charge in [-0.1, -0.05) is 30.0 Å². The Morgan fingerprint density at radius 1 is 1.07 bits per heavy atom. The highest BCUT2D eigenvalue weighted by atomic mass is 32.2. The van der Waals surface area contributed by atoms with Crippen molar-refractivity contribution in [3.63, 3.8) is 0 Å². The van der Waals surface area contributed by atoms with E-state index in [4.69, 9.17) is 4.74 Å². The SMILES string of the molecule is COc1ccc(NC(=O)CSc2nc(CC(=O)Nc3ccccc3C)cs2)cc1. The standard InChI is InChI=1S/C21H21N3O3S2/c1-14-5-3-4-6-18(14)24-19(25)11-16-12-28-21(23-16)29-13-20(26)22-15-7-9-17(27-2)10-8-15/h3-10,12H,11,13H2,1-2H3,(H,22,26)(H,24,25). The van der Waals surface area contributed by atoms with Crippen LogP contribution in [0.4, 0.5) is 11.4 Å². The summed E-state index contributed by atoms with van der Waals surface area (Å²) >= 11 is 2.78. The van der Waals surface area contributed by atoms with Crippen LogP contribution < -0.4 is 15.4 Å². The number of aromatic nitrogens is 1. The predicted molar refractivity (Wildman–Crippen MR) is 118 cm³/mol. The van der Waals surface area contributed by atoms with Crippen molar-refractivity contribution >= 4 is 46.3 Å². The third-order valence-electron chi connectivity index (χ3n) is 3.99. The molecule has 2 N–H and O–H groups in total. The molecule has 1 heterocycles. The van der Waals surface area contributed by atoms with E-state index >= 15 is 0 Å². The average Bonchev–Trinajstić information content (AvgIpc) is 3.16. The third kappa shape index (κ3) is 6.33. The minimum atomic E-state index is -0.116. The van der Waals surface area contributed by atoms with Crippen LogP contribution in [-0.4, -0.2) is 29.7 Å². The molecule has 2 amide bonds. The van der Waals surface area contributed by atoms with E-state index in [2.05, 4.69) is 15.6 Å². The summed E-state index contributed by atoms with van der Waals surface area (Å²) in [5.74, 6) is 0.751. The number of benzene rings is 2. The number of hydrogen-bond donors (Lipinski definition) is 2. The van der Waals surface area contributed by atoms with Crippen LogP contribution in [0, 0.1) is 6.92 Å². The van der Waals surface area contributed by atoms with Crippen molar-refractivity contribution in [3.8, 4) is 5.75 Å². The van der Waals surface area contributed by atoms with E-state index < -0.39 is 0 Å². The number of thioether (sulfide) groups is 1. The molecule has 0 spiro atoms. The van der Waals surface area contributed by atoms with Crippen LogP contribution in [0.15, 0.2) is 58.3 Å². The summed E-state index contributed by atoms with van der Waals surface area (Å²) < 4.78 is 5.85. The molecule has 8 heteroatoms. The van der Waals surface area contributed by atoms with Gasteiger partial charge in [-0.05, 0) is 42.8 Å². The Hall–Kier alpha value is -2.84. The highest BCUT2D eigenvalue weighted by molar-refractivity contribution is 8.01. The Labute approximate surface area is 177 Å². The van der Waals surface area contributed by atoms with Crippen LogP contribution in [0.1, 0.15) is 11.3 Å². The molecular formula is C21H21N3O3S2. The van der Waals surface area contributed by atoms with Crippen molar-refractivity contribution in [2.75, 3.05) is 23.5 Å². The maximum atomic E-state index is 12.2. The molecule has 0 unspecified atom stereocenters. The number of carbonyl (C=O) groups excluding carboxylic acids is 2. The summed E-state index contributed by atoms with van der Waals surface area (Å²) in [5.41, 5.74) is 3.22. The predicted octanol–water partition coefficient (Wildman–Crippen LogP) is 4.37. The Balaban J connectivity index is 1.46. The van der Waals surface area contributed by atoms with Gasteiger partial charge in [-0.15, -0.1) is 11.3 Å². The maximum absolute atomic E-state index is 12.2. The van der Waals surface area contributed by atoms with E-state index in [9.17, 15) is 9.59 Å². The van der Waals surface area contributed by atoms with Crippen LogP contribution in [0.25, 0.3) is 0 Å². The van der Waals surface area contributed by atoms with E-state index in [1.165, 1.54) is 23.1 Å². The number of methoxy groups -OCH3 is 1. The zero-order chi connectivity index (χ0) is 20.6. The lowest BCUT2D eigenvalue weighted by atomic mass is 10.2. The molecule has 6 nitrogen and oxygen atoms in total. The van der Waals surface area contributed by atoms with Crippen LogP contribution in [0.2, 0.25) is 0 Å². The van der Waals surface area contributed by atoms with Crippen molar-refractivity contribution in [1.29, 1.82) is 0 Å². The van der Waals surface area contributed by atoms with E-state index in [-0.39, 0.29) is 24.0 Å². The molecule has 0 bridgehead atoms. The number of carbonyl (C=O) groups is 2. The van der Waals surface area contributed by atoms with Gasteiger partial charge in [0.2, 0.25) is 11.8 Å². The first-order chi connectivity index (χ1) is 14.0. The molecule has 0 saturated carbocycles. The summed E-state index contributed by atoms with van der Waals surface area (Å²) in [4.78, 5) is 28.8. The minimum Gasteiger partial charge on any atom is -0.497 e. The molecule has 0 atom stereocenters. The number of hydrogen-bond acceptors (Lipinski definition) is 6. The van der Waals surface area contributed by atoms with Crippen LogP contribution in [0.5, 0.6) is 5.75 Å². The zero-order valence-corrected chi connectivity index (χ0v) is 17.7. The van der Waals surface area contributed by atoms with Gasteiger partial charge in [-0.2, -0.15) is 0 Å². The van der Waals surface area contributed by atoms with Crippen LogP contribution in [-0.2, 0) is 16.0 Å². The Morgan fingerprint density at radius 3 is 2.55 bits per heavy atom. The van der Waals surface area contributed by atoms with Crippen molar-refractivity contribution < 1.29 is 14.3 Å². The van der Waals surface area contributed by atoms with Gasteiger partial charge in [0.05, 0.1) is 25.0 Å². The molecule has 150 valence electrons. The fourth-order valence-electron chi connectivity index (χ4n) is 2.51. The van der Waals surface area contributed by atoms with Gasteiger partial charge in [0.15, 0.2) is 4.34 Å². The monoisotopic (exact) mass is 427 g/mol. The fraction of sp³-hybridized carbons (Fsp3) is 0.190. The molecule has 3 aromatic rings. The summed E-state index contributed by atoms with van der Waals surface area (Å²) in [7, 11) is 1.60. The molecule has 0 aliphatic carbocycles. The normalized spacial score (nSPS) is 10.4. The highest BCUT2D eigenvalue weighted by Crippen LogP contribution is 2.24. The molecular weight excluding hydrogens is 406 g/mol. The number of rotatable bonds is 8. The number of thiazole rings is 1. The Kier molecular flexibility index (Phi) is 7.26. The molecule has 1 aromatic heterocycles. The lowest BCUT2D eigenvalue weighted by Gasteiger charge is -2.06. The lowest BCUT2D eigenvalue weighted by molar-refractivity contribution is -0.116. The largest absolute Gasteiger partial charge is 0.497 e. The average molecular weight is 428 g/mol. The van der Waals surface area contributed by atoms with Crippen molar-refractivity contribution in [2.45, 2.75) is 17.7 Å². The summed E-state index contributed by atoms with van der Waals surface area (Å²) in [6.07, 6.45) is 0.198. The summed E-state index contributed by atoms with van der Waals surface area (Å²) in [6, 6.07) is 14.8. The zero-order valence-electron chi connectivity index (χ0n) is 16.1. The van der Waals surface area contributed by atoms with Gasteiger partial charge in [-0.25, -0.2) is 4.98 Å². The molecule has 2 aromatic carbocycles. The highest BCUT2D eigenvalue weighted by Gasteiger charge is 2.11. The van der Waals surface area contributed by atoms with Crippen molar-refractivity contribution in [3.05, 3.63) is 65.2 Å². The van der Waals surface area contributed by atoms with Gasteiger partial charge in [0.1, 0.15) is 5.75 Å². The number of nitrogens with one attached hydrogen (secondary N) is 2. The molecule has 0 fully saturated rings. The summed E-state index contributed by atoms with van der Waals surface area (Å²) in [5, 5.41) is 7.58. The van der Waals surface area contributed by atoms with Crippen LogP contribution >= 0.6 is 23.1 Å². The molecule has 0 radical (unpaired) electrons. The minimum absolute atomic E-state index is 0.113. The molecule has 3 rings (SSSR count). The van der Waals surface area contributed by atoms with Gasteiger partial charge in [0.25, 0.3) is 0 Å². The van der Waals surface area contributed by atoms with Gasteiger partial charge < -0.3 is 15.4 Å². The maximum Gasteiger partial charge on any atom is 0.234 e. The fourth-order valence-corrected chi connectivity index (χ4v) is 4.15. The Morgan fingerprint density at radius 2 is 1.83 bits per heavy atom. The first-order valence-corrected chi connectivity index (χ1v) is 10.8. The van der Waals surface area contributed by atoms with Gasteiger partial charge in [-0.3, -0.25) is 9.59 Å². The third-order valence-corrected chi connectivity index (χ3v) is 6.06. The number of nitrogens with zero attached hydrogens (tertiary/aromatic N) is 1. The first-order valence-electron chi connectivity index (χ1n) is 8.90.